The summed E-state index contributed by atoms with van der Waals surface area (Å²) in [5.74, 6) is -0.962. The van der Waals surface area contributed by atoms with Crippen molar-refractivity contribution in [3.05, 3.63) is 109 Å². The molecule has 4 N–H and O–H groups in total. The maximum atomic E-state index is 12.6. The number of ether oxygens (including phenoxy) is 2. The molecule has 0 aromatic heterocycles. The van der Waals surface area contributed by atoms with Crippen LogP contribution in [0.5, 0.6) is 0 Å². The molecule has 0 bridgehead atoms. The van der Waals surface area contributed by atoms with Gasteiger partial charge < -0.3 is 25.2 Å². The highest BCUT2D eigenvalue weighted by Crippen LogP contribution is 2.43. The first-order valence-electron chi connectivity index (χ1n) is 21.4. The second kappa shape index (κ2) is 41.8. The Morgan fingerprint density at radius 3 is 1.52 bits per heavy atom. The molecule has 0 amide bonds. The first kappa shape index (κ1) is 54.6. The van der Waals surface area contributed by atoms with E-state index in [1.165, 1.54) is 0 Å². The Balaban J connectivity index is 4.35. The maximum Gasteiger partial charge on any atom is 0.472 e. The van der Waals surface area contributed by atoms with E-state index in [1.807, 2.05) is 19.1 Å². The number of hydrogen-bond acceptors (Lipinski definition) is 9. The molecule has 0 aliphatic heterocycles. The number of nitrogens with two attached hydrogens (primary N) is 1. The lowest BCUT2D eigenvalue weighted by Gasteiger charge is -2.19. The van der Waals surface area contributed by atoms with E-state index in [-0.39, 0.29) is 38.7 Å². The van der Waals surface area contributed by atoms with Crippen LogP contribution < -0.4 is 5.73 Å². The van der Waals surface area contributed by atoms with E-state index < -0.39 is 32.5 Å². The average molecular weight is 830 g/mol. The number of carbonyl (C=O) groups is 2. The fourth-order valence-electron chi connectivity index (χ4n) is 5.02. The minimum absolute atomic E-state index is 0.0279. The normalized spacial score (nSPS) is 14.9. The first-order chi connectivity index (χ1) is 28.2. The summed E-state index contributed by atoms with van der Waals surface area (Å²) in [5, 5.41) is 9.27. The molecule has 0 radical (unpaired) electrons. The summed E-state index contributed by atoms with van der Waals surface area (Å²) in [5.41, 5.74) is 5.34. The molecule has 11 heteroatoms. The fourth-order valence-corrected chi connectivity index (χ4v) is 5.79. The van der Waals surface area contributed by atoms with Gasteiger partial charge in [-0.15, -0.1) is 0 Å². The van der Waals surface area contributed by atoms with Gasteiger partial charge in [-0.05, 0) is 110 Å². The first-order valence-corrected chi connectivity index (χ1v) is 22.9. The molecule has 0 aliphatic carbocycles. The third kappa shape index (κ3) is 42.2. The number of hydrogen-bond donors (Lipinski definition) is 3. The van der Waals surface area contributed by atoms with E-state index >= 15 is 0 Å². The molecule has 0 saturated heterocycles. The summed E-state index contributed by atoms with van der Waals surface area (Å²) in [6, 6.07) is 0. The molecule has 0 aliphatic rings. The van der Waals surface area contributed by atoms with Gasteiger partial charge in [0.1, 0.15) is 6.61 Å². The van der Waals surface area contributed by atoms with Crippen molar-refractivity contribution in [1.29, 1.82) is 0 Å². The molecule has 0 rings (SSSR count). The standard InChI is InChI=1S/C47H76NO9P/c1-3-4-5-6-7-8-9-10-11-12-13-14-17-20-23-26-29-32-35-38-46(50)54-42-45(43-56-58(52,53)55-41-40-48)57-47(51)39-36-33-30-27-24-21-18-15-16-19-22-25-28-31-34-37-44(2)49/h4-5,7-8,10-11,13-14,16,18-21,23,25,27-28,30,44-45,49H,3,6,9,12,15,17,22,24,26,29,31-43,48H2,1-2H3,(H,52,53)/b5-4-,8-7-,11-10-,14-13-,19-16-,21-18-,23-20-,28-25-,30-27-/t44-,45+/m0/s1. The van der Waals surface area contributed by atoms with E-state index in [1.54, 1.807) is 0 Å². The molecule has 0 saturated carbocycles. The molecule has 3 atom stereocenters. The Kier molecular flexibility index (Phi) is 39.4. The smallest absolute Gasteiger partial charge is 0.462 e. The summed E-state index contributed by atoms with van der Waals surface area (Å²) in [6.07, 6.45) is 52.6. The molecule has 328 valence electrons. The van der Waals surface area contributed by atoms with Crippen LogP contribution >= 0.6 is 7.82 Å². The van der Waals surface area contributed by atoms with E-state index in [4.69, 9.17) is 24.3 Å². The Morgan fingerprint density at radius 1 is 0.586 bits per heavy atom. The van der Waals surface area contributed by atoms with Gasteiger partial charge >= 0.3 is 19.8 Å². The molecular weight excluding hydrogens is 753 g/mol. The molecular formula is C47H76NO9P. The van der Waals surface area contributed by atoms with Crippen LogP contribution in [0.3, 0.4) is 0 Å². The van der Waals surface area contributed by atoms with E-state index in [0.717, 1.165) is 89.9 Å². The highest BCUT2D eigenvalue weighted by molar-refractivity contribution is 7.47. The molecule has 10 nitrogen and oxygen atoms in total. The van der Waals surface area contributed by atoms with Gasteiger partial charge in [0.2, 0.25) is 0 Å². The molecule has 1 unspecified atom stereocenters. The highest BCUT2D eigenvalue weighted by atomic mass is 31.2. The zero-order valence-corrected chi connectivity index (χ0v) is 36.5. The number of rotatable bonds is 38. The number of unbranched alkanes of at least 4 members (excludes halogenated alkanes) is 5. The van der Waals surface area contributed by atoms with Crippen molar-refractivity contribution in [3.63, 3.8) is 0 Å². The average Bonchev–Trinajstić information content (AvgIpc) is 3.20. The van der Waals surface area contributed by atoms with Crippen molar-refractivity contribution in [2.24, 2.45) is 5.73 Å². The molecule has 0 spiro atoms. The van der Waals surface area contributed by atoms with Crippen LogP contribution in [0.4, 0.5) is 0 Å². The number of aliphatic hydroxyl groups excluding tert-OH is 1. The van der Waals surface area contributed by atoms with Crippen LogP contribution in [0.25, 0.3) is 0 Å². The Morgan fingerprint density at radius 2 is 1.03 bits per heavy atom. The second-order valence-electron chi connectivity index (χ2n) is 13.8. The number of phosphoric acid groups is 1. The summed E-state index contributed by atoms with van der Waals surface area (Å²) in [7, 11) is -4.42. The topological polar surface area (TPSA) is 155 Å². The zero-order chi connectivity index (χ0) is 42.6. The van der Waals surface area contributed by atoms with Gasteiger partial charge in [-0.2, -0.15) is 0 Å². The van der Waals surface area contributed by atoms with Crippen molar-refractivity contribution in [3.8, 4) is 0 Å². The van der Waals surface area contributed by atoms with Crippen LogP contribution in [0.2, 0.25) is 0 Å². The lowest BCUT2D eigenvalue weighted by Crippen LogP contribution is -2.29. The fraction of sp³-hybridized carbons (Fsp3) is 0.574. The third-order valence-electron chi connectivity index (χ3n) is 8.16. The van der Waals surface area contributed by atoms with Crippen LogP contribution in [0.15, 0.2) is 109 Å². The molecule has 0 aromatic rings. The SMILES string of the molecule is CC/C=C\C/C=C\C/C=C\C/C=C\C/C=C\CCCCCC(=O)OC[C@H](COP(=O)(O)OCCN)OC(=O)CCC/C=C\C/C=C\C/C=C\C/C=C\CCC[C@H](C)O. The Hall–Kier alpha value is -3.37. The summed E-state index contributed by atoms with van der Waals surface area (Å²) in [6.45, 7) is 3.02. The van der Waals surface area contributed by atoms with Crippen molar-refractivity contribution in [2.75, 3.05) is 26.4 Å². The largest absolute Gasteiger partial charge is 0.472 e. The van der Waals surface area contributed by atoms with Crippen LogP contribution in [-0.4, -0.2) is 60.5 Å². The van der Waals surface area contributed by atoms with Crippen molar-refractivity contribution >= 4 is 19.8 Å². The number of aliphatic hydroxyl groups is 1. The highest BCUT2D eigenvalue weighted by Gasteiger charge is 2.25. The lowest BCUT2D eigenvalue weighted by atomic mass is 10.1. The summed E-state index contributed by atoms with van der Waals surface area (Å²) >= 11 is 0. The van der Waals surface area contributed by atoms with E-state index in [2.05, 4.69) is 104 Å². The molecule has 58 heavy (non-hydrogen) atoms. The van der Waals surface area contributed by atoms with E-state index in [9.17, 15) is 24.2 Å². The molecule has 0 fully saturated rings. The third-order valence-corrected chi connectivity index (χ3v) is 9.15. The summed E-state index contributed by atoms with van der Waals surface area (Å²) < 4.78 is 32.7. The minimum atomic E-state index is -4.42. The van der Waals surface area contributed by atoms with Crippen LogP contribution in [0.1, 0.15) is 136 Å². The predicted molar refractivity (Wildman–Crippen MR) is 239 cm³/mol. The second-order valence-corrected chi connectivity index (χ2v) is 15.2. The van der Waals surface area contributed by atoms with Crippen LogP contribution in [0, 0.1) is 0 Å². The minimum Gasteiger partial charge on any atom is -0.462 e. The van der Waals surface area contributed by atoms with Crippen molar-refractivity contribution in [1.82, 2.24) is 0 Å². The Labute approximate surface area is 351 Å². The Bertz CT molecular complexity index is 1330. The maximum absolute atomic E-state index is 12.6. The van der Waals surface area contributed by atoms with Crippen LogP contribution in [-0.2, 0) is 32.7 Å². The van der Waals surface area contributed by atoms with E-state index in [0.29, 0.717) is 19.3 Å². The number of phosphoric ester groups is 1. The molecule has 0 aromatic carbocycles. The number of carbonyl (C=O) groups excluding carboxylic acids is 2. The quantitative estimate of drug-likeness (QED) is 0.0237. The van der Waals surface area contributed by atoms with Gasteiger partial charge in [0.15, 0.2) is 6.10 Å². The van der Waals surface area contributed by atoms with Gasteiger partial charge in [0, 0.05) is 19.4 Å². The molecule has 0 heterocycles. The van der Waals surface area contributed by atoms with Gasteiger partial charge in [-0.3, -0.25) is 18.6 Å². The monoisotopic (exact) mass is 830 g/mol. The predicted octanol–water partition coefficient (Wildman–Crippen LogP) is 11.4. The van der Waals surface area contributed by atoms with Gasteiger partial charge in [-0.25, -0.2) is 4.57 Å². The van der Waals surface area contributed by atoms with Crippen molar-refractivity contribution in [2.45, 2.75) is 148 Å². The number of allylic oxidation sites excluding steroid dienone is 18. The zero-order valence-electron chi connectivity index (χ0n) is 35.6. The van der Waals surface area contributed by atoms with Gasteiger partial charge in [0.05, 0.1) is 19.3 Å². The van der Waals surface area contributed by atoms with Gasteiger partial charge in [0.25, 0.3) is 0 Å². The van der Waals surface area contributed by atoms with Crippen molar-refractivity contribution < 1.29 is 42.7 Å². The summed E-state index contributed by atoms with van der Waals surface area (Å²) in [4.78, 5) is 34.8. The number of esters is 2. The van der Waals surface area contributed by atoms with Gasteiger partial charge in [-0.1, -0.05) is 123 Å². The lowest BCUT2D eigenvalue weighted by molar-refractivity contribution is -0.161.